The Balaban J connectivity index is 2.53. The molecule has 0 spiro atoms. The fraction of sp³-hybridized carbons (Fsp3) is 0.562. The van der Waals surface area contributed by atoms with E-state index in [2.05, 4.69) is 24.1 Å². The molecule has 0 fully saturated rings. The maximum atomic E-state index is 12.1. The van der Waals surface area contributed by atoms with E-state index in [0.717, 1.165) is 12.0 Å². The first kappa shape index (κ1) is 16.7. The Morgan fingerprint density at radius 2 is 1.85 bits per heavy atom. The van der Waals surface area contributed by atoms with Crippen molar-refractivity contribution >= 4 is 5.91 Å². The van der Waals surface area contributed by atoms with Crippen molar-refractivity contribution in [3.05, 3.63) is 35.9 Å². The van der Waals surface area contributed by atoms with Crippen molar-refractivity contribution in [2.75, 3.05) is 20.6 Å². The van der Waals surface area contributed by atoms with Crippen LogP contribution in [0.5, 0.6) is 0 Å². The molecule has 1 rings (SSSR count). The number of amides is 1. The molecule has 0 aromatic heterocycles. The second-order valence-electron chi connectivity index (χ2n) is 5.88. The minimum absolute atomic E-state index is 0.119. The highest BCUT2D eigenvalue weighted by Gasteiger charge is 2.18. The Labute approximate surface area is 122 Å². The maximum absolute atomic E-state index is 12.1. The normalized spacial score (nSPS) is 14.3. The molecule has 4 nitrogen and oxygen atoms in total. The second-order valence-corrected chi connectivity index (χ2v) is 5.88. The average Bonchev–Trinajstić information content (AvgIpc) is 2.42. The zero-order valence-corrected chi connectivity index (χ0v) is 13.0. The topological polar surface area (TPSA) is 58.4 Å². The van der Waals surface area contributed by atoms with Crippen LogP contribution in [0.2, 0.25) is 0 Å². The van der Waals surface area contributed by atoms with Gasteiger partial charge in [-0.25, -0.2) is 0 Å². The Morgan fingerprint density at radius 3 is 2.35 bits per heavy atom. The quantitative estimate of drug-likeness (QED) is 0.798. The van der Waals surface area contributed by atoms with Crippen LogP contribution in [0.15, 0.2) is 30.3 Å². The van der Waals surface area contributed by atoms with Gasteiger partial charge in [-0.2, -0.15) is 0 Å². The van der Waals surface area contributed by atoms with E-state index in [1.54, 1.807) is 0 Å². The summed E-state index contributed by atoms with van der Waals surface area (Å²) in [6.07, 6.45) is 1.05. The molecule has 1 aromatic carbocycles. The van der Waals surface area contributed by atoms with Crippen LogP contribution in [0.25, 0.3) is 0 Å². The number of hydrogen-bond donors (Lipinski definition) is 2. The van der Waals surface area contributed by atoms with Crippen molar-refractivity contribution in [1.29, 1.82) is 0 Å². The monoisotopic (exact) mass is 277 g/mol. The summed E-state index contributed by atoms with van der Waals surface area (Å²) in [7, 11) is 4.08. The molecule has 1 amide bonds. The predicted molar refractivity (Wildman–Crippen MR) is 83.3 cm³/mol. The van der Waals surface area contributed by atoms with Gasteiger partial charge < -0.3 is 16.0 Å². The van der Waals surface area contributed by atoms with Gasteiger partial charge in [0, 0.05) is 12.6 Å². The van der Waals surface area contributed by atoms with E-state index in [1.165, 1.54) is 0 Å². The number of likely N-dealkylation sites (N-methyl/N-ethyl adjacent to an activating group) is 1. The third kappa shape index (κ3) is 5.31. The van der Waals surface area contributed by atoms with Crippen molar-refractivity contribution in [1.82, 2.24) is 10.2 Å². The van der Waals surface area contributed by atoms with Crippen LogP contribution in [0.1, 0.15) is 31.9 Å². The molecular formula is C16H27N3O. The lowest BCUT2D eigenvalue weighted by Crippen LogP contribution is -2.43. The highest BCUT2D eigenvalue weighted by molar-refractivity contribution is 5.82. The molecule has 1 aromatic rings. The molecule has 0 saturated carbocycles. The van der Waals surface area contributed by atoms with Crippen LogP contribution in [0.4, 0.5) is 0 Å². The highest BCUT2D eigenvalue weighted by Crippen LogP contribution is 2.11. The molecular weight excluding hydrogens is 250 g/mol. The highest BCUT2D eigenvalue weighted by atomic mass is 16.2. The summed E-state index contributed by atoms with van der Waals surface area (Å²) < 4.78 is 0. The lowest BCUT2D eigenvalue weighted by molar-refractivity contribution is -0.122. The van der Waals surface area contributed by atoms with E-state index in [0.29, 0.717) is 18.5 Å². The molecule has 0 saturated heterocycles. The van der Waals surface area contributed by atoms with E-state index < -0.39 is 6.04 Å². The van der Waals surface area contributed by atoms with Gasteiger partial charge in [0.1, 0.15) is 6.04 Å². The number of carbonyl (C=O) groups is 1. The molecule has 0 aliphatic rings. The van der Waals surface area contributed by atoms with Crippen molar-refractivity contribution in [2.24, 2.45) is 11.7 Å². The Hall–Kier alpha value is -1.39. The first-order valence-corrected chi connectivity index (χ1v) is 7.16. The summed E-state index contributed by atoms with van der Waals surface area (Å²) >= 11 is 0. The van der Waals surface area contributed by atoms with Gasteiger partial charge in [0.25, 0.3) is 0 Å². The molecule has 20 heavy (non-hydrogen) atoms. The van der Waals surface area contributed by atoms with Gasteiger partial charge >= 0.3 is 0 Å². The van der Waals surface area contributed by atoms with Gasteiger partial charge in [-0.1, -0.05) is 44.2 Å². The lowest BCUT2D eigenvalue weighted by atomic mass is 10.0. The Kier molecular flexibility index (Phi) is 6.68. The SMILES string of the molecule is CC(C)CC(CNC(=O)[C@@H](N)c1ccccc1)N(C)C. The summed E-state index contributed by atoms with van der Waals surface area (Å²) in [5.74, 6) is 0.480. The van der Waals surface area contributed by atoms with Crippen LogP contribution in [-0.2, 0) is 4.79 Å². The van der Waals surface area contributed by atoms with Crippen LogP contribution in [0, 0.1) is 5.92 Å². The molecule has 4 heteroatoms. The number of rotatable bonds is 7. The van der Waals surface area contributed by atoms with Gasteiger partial charge in [-0.15, -0.1) is 0 Å². The molecule has 1 unspecified atom stereocenters. The lowest BCUT2D eigenvalue weighted by Gasteiger charge is -2.26. The van der Waals surface area contributed by atoms with Gasteiger partial charge in [0.15, 0.2) is 0 Å². The number of nitrogens with two attached hydrogens (primary N) is 1. The standard InChI is InChI=1S/C16H27N3O/c1-12(2)10-14(19(3)4)11-18-16(20)15(17)13-8-6-5-7-9-13/h5-9,12,14-15H,10-11,17H2,1-4H3,(H,18,20)/t14?,15-/m0/s1. The molecule has 3 N–H and O–H groups in total. The molecule has 112 valence electrons. The van der Waals surface area contributed by atoms with E-state index in [1.807, 2.05) is 44.4 Å². The van der Waals surface area contributed by atoms with Crippen LogP contribution in [-0.4, -0.2) is 37.5 Å². The van der Waals surface area contributed by atoms with E-state index >= 15 is 0 Å². The molecule has 0 radical (unpaired) electrons. The summed E-state index contributed by atoms with van der Waals surface area (Å²) in [4.78, 5) is 14.2. The van der Waals surface area contributed by atoms with E-state index in [9.17, 15) is 4.79 Å². The van der Waals surface area contributed by atoms with Crippen LogP contribution < -0.4 is 11.1 Å². The summed E-state index contributed by atoms with van der Waals surface area (Å²) in [5.41, 5.74) is 6.82. The van der Waals surface area contributed by atoms with E-state index in [4.69, 9.17) is 5.73 Å². The van der Waals surface area contributed by atoms with Crippen molar-refractivity contribution in [3.63, 3.8) is 0 Å². The predicted octanol–water partition coefficient (Wildman–Crippen LogP) is 1.78. The fourth-order valence-corrected chi connectivity index (χ4v) is 2.16. The van der Waals surface area contributed by atoms with Gasteiger partial charge in [-0.05, 0) is 32.0 Å². The molecule has 2 atom stereocenters. The molecule has 0 heterocycles. The van der Waals surface area contributed by atoms with Crippen LogP contribution >= 0.6 is 0 Å². The average molecular weight is 277 g/mol. The smallest absolute Gasteiger partial charge is 0.241 e. The van der Waals surface area contributed by atoms with Gasteiger partial charge in [-0.3, -0.25) is 4.79 Å². The van der Waals surface area contributed by atoms with Crippen LogP contribution in [0.3, 0.4) is 0 Å². The van der Waals surface area contributed by atoms with Crippen molar-refractivity contribution < 1.29 is 4.79 Å². The van der Waals surface area contributed by atoms with Gasteiger partial charge in [0.2, 0.25) is 5.91 Å². The third-order valence-electron chi connectivity index (χ3n) is 3.43. The Bertz CT molecular complexity index is 403. The number of nitrogens with zero attached hydrogens (tertiary/aromatic N) is 1. The number of benzene rings is 1. The molecule has 0 bridgehead atoms. The number of carbonyl (C=O) groups excluding carboxylic acids is 1. The fourth-order valence-electron chi connectivity index (χ4n) is 2.16. The maximum Gasteiger partial charge on any atom is 0.241 e. The summed E-state index contributed by atoms with van der Waals surface area (Å²) in [5, 5.41) is 2.96. The zero-order valence-electron chi connectivity index (χ0n) is 13.0. The zero-order chi connectivity index (χ0) is 15.1. The summed E-state index contributed by atoms with van der Waals surface area (Å²) in [6, 6.07) is 9.19. The second kappa shape index (κ2) is 8.02. The first-order chi connectivity index (χ1) is 9.41. The molecule has 0 aliphatic carbocycles. The minimum Gasteiger partial charge on any atom is -0.353 e. The Morgan fingerprint density at radius 1 is 1.25 bits per heavy atom. The van der Waals surface area contributed by atoms with Crippen molar-refractivity contribution in [2.45, 2.75) is 32.4 Å². The largest absolute Gasteiger partial charge is 0.353 e. The third-order valence-corrected chi connectivity index (χ3v) is 3.43. The first-order valence-electron chi connectivity index (χ1n) is 7.16. The molecule has 0 aliphatic heterocycles. The van der Waals surface area contributed by atoms with Gasteiger partial charge in [0.05, 0.1) is 0 Å². The number of hydrogen-bond acceptors (Lipinski definition) is 3. The van der Waals surface area contributed by atoms with E-state index in [-0.39, 0.29) is 5.91 Å². The van der Waals surface area contributed by atoms with Crippen molar-refractivity contribution in [3.8, 4) is 0 Å². The number of nitrogens with one attached hydrogen (secondary N) is 1. The minimum atomic E-state index is -0.599. The summed E-state index contributed by atoms with van der Waals surface area (Å²) in [6.45, 7) is 5.01.